The zero-order valence-corrected chi connectivity index (χ0v) is 14.2. The van der Waals surface area contributed by atoms with Crippen molar-refractivity contribution >= 4 is 25.3 Å². The molecule has 110 valence electrons. The Morgan fingerprint density at radius 2 is 1.22 bits per heavy atom. The third-order valence-corrected chi connectivity index (χ3v) is 5.55. The molecular weight excluding hydrogens is 260 g/mol. The lowest BCUT2D eigenvalue weighted by molar-refractivity contribution is -0.0154. The lowest BCUT2D eigenvalue weighted by atomic mass is 9.77. The summed E-state index contributed by atoms with van der Waals surface area (Å²) in [5, 5.41) is 11.1. The van der Waals surface area contributed by atoms with Crippen molar-refractivity contribution < 1.29 is 5.11 Å². The summed E-state index contributed by atoms with van der Waals surface area (Å²) >= 11 is 9.33. The van der Waals surface area contributed by atoms with Crippen molar-refractivity contribution in [2.24, 2.45) is 0 Å². The molecule has 0 amide bonds. The zero-order valence-electron chi connectivity index (χ0n) is 12.4. The van der Waals surface area contributed by atoms with Crippen LogP contribution in [0.5, 0.6) is 0 Å². The van der Waals surface area contributed by atoms with Gasteiger partial charge in [0.05, 0.1) is 10.3 Å². The maximum absolute atomic E-state index is 11.1. The van der Waals surface area contributed by atoms with Crippen LogP contribution >= 0.6 is 25.3 Å². The summed E-state index contributed by atoms with van der Waals surface area (Å²) in [6.45, 7) is 6.53. The van der Waals surface area contributed by atoms with E-state index >= 15 is 0 Å². The minimum absolute atomic E-state index is 0.337. The highest BCUT2D eigenvalue weighted by atomic mass is 32.1. The number of thiol groups is 2. The van der Waals surface area contributed by atoms with Gasteiger partial charge in [-0.15, -0.1) is 0 Å². The maximum atomic E-state index is 11.1. The SMILES string of the molecule is CCCCC(O)(CCCC)C(S)(CS)CCCC. The second-order valence-corrected chi connectivity index (χ2v) is 6.70. The highest BCUT2D eigenvalue weighted by Crippen LogP contribution is 2.41. The normalized spacial score (nSPS) is 15.7. The Morgan fingerprint density at radius 1 is 0.833 bits per heavy atom. The molecule has 0 aromatic carbocycles. The van der Waals surface area contributed by atoms with Crippen LogP contribution in [0.15, 0.2) is 0 Å². The smallest absolute Gasteiger partial charge is 0.0799 e. The summed E-state index contributed by atoms with van der Waals surface area (Å²) in [7, 11) is 0. The summed E-state index contributed by atoms with van der Waals surface area (Å²) in [6, 6.07) is 0. The van der Waals surface area contributed by atoms with Crippen LogP contribution in [0.4, 0.5) is 0 Å². The van der Waals surface area contributed by atoms with Crippen LogP contribution in [0.25, 0.3) is 0 Å². The van der Waals surface area contributed by atoms with Gasteiger partial charge in [-0.05, 0) is 19.3 Å². The molecule has 1 unspecified atom stereocenters. The Kier molecular flexibility index (Phi) is 9.90. The van der Waals surface area contributed by atoms with Crippen molar-refractivity contribution in [2.75, 3.05) is 5.75 Å². The lowest BCUT2D eigenvalue weighted by Crippen LogP contribution is -2.52. The van der Waals surface area contributed by atoms with Gasteiger partial charge >= 0.3 is 0 Å². The van der Waals surface area contributed by atoms with E-state index in [2.05, 4.69) is 33.4 Å². The molecule has 0 aromatic rings. The Morgan fingerprint density at radius 3 is 1.56 bits per heavy atom. The van der Waals surface area contributed by atoms with E-state index in [1.165, 1.54) is 0 Å². The molecule has 0 bridgehead atoms. The van der Waals surface area contributed by atoms with Crippen LogP contribution in [0, 0.1) is 0 Å². The lowest BCUT2D eigenvalue weighted by Gasteiger charge is -2.44. The third kappa shape index (κ3) is 5.34. The first-order valence-electron chi connectivity index (χ1n) is 7.55. The maximum Gasteiger partial charge on any atom is 0.0799 e. The number of rotatable bonds is 11. The van der Waals surface area contributed by atoms with Gasteiger partial charge in [-0.2, -0.15) is 25.3 Å². The highest BCUT2D eigenvalue weighted by Gasteiger charge is 2.45. The van der Waals surface area contributed by atoms with E-state index in [0.717, 1.165) is 57.8 Å². The second-order valence-electron chi connectivity index (χ2n) is 5.53. The van der Waals surface area contributed by atoms with Crippen LogP contribution in [0.1, 0.15) is 78.6 Å². The molecule has 18 heavy (non-hydrogen) atoms. The molecule has 0 spiro atoms. The summed E-state index contributed by atoms with van der Waals surface area (Å²) in [6.07, 6.45) is 9.33. The number of hydrogen-bond donors (Lipinski definition) is 3. The number of aliphatic hydroxyl groups is 1. The fourth-order valence-electron chi connectivity index (χ4n) is 2.46. The molecule has 0 aliphatic heterocycles. The second kappa shape index (κ2) is 9.55. The van der Waals surface area contributed by atoms with E-state index in [0.29, 0.717) is 5.75 Å². The Hall–Kier alpha value is 0.660. The fraction of sp³-hybridized carbons (Fsp3) is 1.00. The van der Waals surface area contributed by atoms with E-state index in [-0.39, 0.29) is 4.75 Å². The molecule has 0 heterocycles. The first kappa shape index (κ1) is 18.7. The predicted molar refractivity (Wildman–Crippen MR) is 89.1 cm³/mol. The number of hydrogen-bond acceptors (Lipinski definition) is 3. The van der Waals surface area contributed by atoms with Crippen LogP contribution in [-0.2, 0) is 0 Å². The average molecular weight is 293 g/mol. The van der Waals surface area contributed by atoms with E-state index in [9.17, 15) is 5.11 Å². The van der Waals surface area contributed by atoms with Crippen molar-refractivity contribution in [3.05, 3.63) is 0 Å². The highest BCUT2D eigenvalue weighted by molar-refractivity contribution is 7.85. The Labute approximate surface area is 125 Å². The summed E-state index contributed by atoms with van der Waals surface area (Å²) in [5.41, 5.74) is -0.654. The Bertz CT molecular complexity index is 201. The van der Waals surface area contributed by atoms with Crippen LogP contribution in [0.2, 0.25) is 0 Å². The van der Waals surface area contributed by atoms with Gasteiger partial charge in [0.15, 0.2) is 0 Å². The molecule has 0 aliphatic rings. The summed E-state index contributed by atoms with van der Waals surface area (Å²) in [5.74, 6) is 0.653. The minimum atomic E-state index is -0.654. The summed E-state index contributed by atoms with van der Waals surface area (Å²) < 4.78 is -0.337. The van der Waals surface area contributed by atoms with Crippen LogP contribution < -0.4 is 0 Å². The molecule has 0 fully saturated rings. The molecule has 0 rings (SSSR count). The molecule has 0 aromatic heterocycles. The number of unbranched alkanes of at least 4 members (excludes halogenated alkanes) is 3. The molecule has 0 aliphatic carbocycles. The van der Waals surface area contributed by atoms with Gasteiger partial charge in [-0.1, -0.05) is 59.3 Å². The molecule has 1 nitrogen and oxygen atoms in total. The molecule has 0 radical (unpaired) electrons. The molecule has 0 saturated heterocycles. The monoisotopic (exact) mass is 292 g/mol. The topological polar surface area (TPSA) is 20.2 Å². The van der Waals surface area contributed by atoms with Gasteiger partial charge in [0, 0.05) is 5.75 Å². The van der Waals surface area contributed by atoms with E-state index in [1.807, 2.05) is 0 Å². The van der Waals surface area contributed by atoms with Crippen LogP contribution in [-0.4, -0.2) is 21.2 Å². The van der Waals surface area contributed by atoms with Gasteiger partial charge in [-0.3, -0.25) is 0 Å². The van der Waals surface area contributed by atoms with Crippen molar-refractivity contribution in [2.45, 2.75) is 88.9 Å². The van der Waals surface area contributed by atoms with Gasteiger partial charge < -0.3 is 5.11 Å². The van der Waals surface area contributed by atoms with Gasteiger partial charge in [0.25, 0.3) is 0 Å². The average Bonchev–Trinajstić information content (AvgIpc) is 2.39. The van der Waals surface area contributed by atoms with E-state index < -0.39 is 5.60 Å². The van der Waals surface area contributed by atoms with Gasteiger partial charge in [0.1, 0.15) is 0 Å². The largest absolute Gasteiger partial charge is 0.388 e. The third-order valence-electron chi connectivity index (χ3n) is 3.96. The molecular formula is C15H32OS2. The van der Waals surface area contributed by atoms with E-state index in [4.69, 9.17) is 12.6 Å². The quantitative estimate of drug-likeness (QED) is 0.463. The van der Waals surface area contributed by atoms with Crippen molar-refractivity contribution in [1.29, 1.82) is 0 Å². The molecule has 1 N–H and O–H groups in total. The predicted octanol–water partition coefficient (Wildman–Crippen LogP) is 4.89. The summed E-state index contributed by atoms with van der Waals surface area (Å²) in [4.78, 5) is 0. The van der Waals surface area contributed by atoms with Crippen molar-refractivity contribution in [3.8, 4) is 0 Å². The van der Waals surface area contributed by atoms with E-state index in [1.54, 1.807) is 0 Å². The zero-order chi connectivity index (χ0) is 14.1. The minimum Gasteiger partial charge on any atom is -0.388 e. The Balaban J connectivity index is 4.84. The molecule has 1 atom stereocenters. The first-order chi connectivity index (χ1) is 8.49. The van der Waals surface area contributed by atoms with Crippen molar-refractivity contribution in [3.63, 3.8) is 0 Å². The van der Waals surface area contributed by atoms with Gasteiger partial charge in [-0.25, -0.2) is 0 Å². The standard InChI is InChI=1S/C15H32OS2/c1-4-7-10-14(16,11-8-5-2)15(18,13-17)12-9-6-3/h16-18H,4-13H2,1-3H3. The van der Waals surface area contributed by atoms with Crippen LogP contribution in [0.3, 0.4) is 0 Å². The molecule has 3 heteroatoms. The first-order valence-corrected chi connectivity index (χ1v) is 8.63. The fourth-order valence-corrected chi connectivity index (χ4v) is 3.29. The van der Waals surface area contributed by atoms with Gasteiger partial charge in [0.2, 0.25) is 0 Å². The molecule has 0 saturated carbocycles. The van der Waals surface area contributed by atoms with Crippen molar-refractivity contribution in [1.82, 2.24) is 0 Å².